The fourth-order valence-corrected chi connectivity index (χ4v) is 2.83. The number of pyridine rings is 1. The van der Waals surface area contributed by atoms with Gasteiger partial charge in [0.2, 0.25) is 0 Å². The van der Waals surface area contributed by atoms with E-state index in [0.29, 0.717) is 24.5 Å². The molecule has 2 heterocycles. The van der Waals surface area contributed by atoms with E-state index >= 15 is 0 Å². The van der Waals surface area contributed by atoms with Crippen LogP contribution in [0.4, 0.5) is 21.9 Å². The van der Waals surface area contributed by atoms with Gasteiger partial charge in [-0.15, -0.1) is 12.4 Å². The predicted molar refractivity (Wildman–Crippen MR) is 107 cm³/mol. The number of carbonyl (C=O) groups is 2. The number of carbonyl (C=O) groups excluding carboxylic acids is 1. The maximum Gasteiger partial charge on any atom is 0.322 e. The molecule has 27 heavy (non-hydrogen) atoms. The Balaban J connectivity index is 0.00000261. The lowest BCUT2D eigenvalue weighted by Crippen LogP contribution is -2.50. The van der Waals surface area contributed by atoms with Crippen LogP contribution in [-0.2, 0) is 4.79 Å². The second kappa shape index (κ2) is 9.63. The average Bonchev–Trinajstić information content (AvgIpc) is 2.68. The summed E-state index contributed by atoms with van der Waals surface area (Å²) in [6, 6.07) is 10.8. The first-order valence-electron chi connectivity index (χ1n) is 8.39. The fourth-order valence-electron chi connectivity index (χ4n) is 2.83. The summed E-state index contributed by atoms with van der Waals surface area (Å²) in [4.78, 5) is 31.3. The number of amides is 2. The Morgan fingerprint density at radius 2 is 1.63 bits per heavy atom. The molecular formula is C18H22ClN5O3. The van der Waals surface area contributed by atoms with Crippen LogP contribution >= 0.6 is 12.4 Å². The maximum absolute atomic E-state index is 12.5. The van der Waals surface area contributed by atoms with Crippen LogP contribution in [0.25, 0.3) is 0 Å². The number of hydrogen-bond donors (Lipinski definition) is 3. The van der Waals surface area contributed by atoms with Crippen LogP contribution in [0.5, 0.6) is 0 Å². The lowest BCUT2D eigenvalue weighted by molar-refractivity contribution is -0.134. The third-order valence-corrected chi connectivity index (χ3v) is 4.19. The van der Waals surface area contributed by atoms with Gasteiger partial charge in [0.15, 0.2) is 0 Å². The van der Waals surface area contributed by atoms with Crippen molar-refractivity contribution in [1.82, 2.24) is 9.88 Å². The van der Waals surface area contributed by atoms with Crippen LogP contribution in [0.2, 0.25) is 0 Å². The van der Waals surface area contributed by atoms with Gasteiger partial charge in [-0.05, 0) is 24.3 Å². The SMILES string of the molecule is Cl.O=C(O)CNc1ccccc1NC(=O)N1CCN(c2ccncc2)CC1. The molecule has 8 nitrogen and oxygen atoms in total. The number of rotatable bonds is 5. The van der Waals surface area contributed by atoms with Crippen LogP contribution in [0, 0.1) is 0 Å². The highest BCUT2D eigenvalue weighted by Gasteiger charge is 2.21. The van der Waals surface area contributed by atoms with Gasteiger partial charge in [0.1, 0.15) is 6.54 Å². The summed E-state index contributed by atoms with van der Waals surface area (Å²) in [5.74, 6) is -0.960. The zero-order chi connectivity index (χ0) is 18.4. The molecule has 1 aliphatic heterocycles. The van der Waals surface area contributed by atoms with Gasteiger partial charge in [-0.1, -0.05) is 12.1 Å². The fraction of sp³-hybridized carbons (Fsp3) is 0.278. The second-order valence-corrected chi connectivity index (χ2v) is 5.90. The summed E-state index contributed by atoms with van der Waals surface area (Å²) in [6.07, 6.45) is 3.52. The number of nitrogens with one attached hydrogen (secondary N) is 2. The molecule has 1 saturated heterocycles. The first-order valence-corrected chi connectivity index (χ1v) is 8.39. The Kier molecular flexibility index (Phi) is 7.25. The standard InChI is InChI=1S/C18H21N5O3.ClH/c24-17(25)13-20-15-3-1-2-4-16(15)21-18(26)23-11-9-22(10-12-23)14-5-7-19-8-6-14;/h1-8,20H,9-13H2,(H,21,26)(H,24,25);1H. The number of carboxylic acid groups (broad SMARTS) is 1. The number of carboxylic acids is 1. The molecular weight excluding hydrogens is 370 g/mol. The van der Waals surface area contributed by atoms with Crippen molar-refractivity contribution in [2.45, 2.75) is 0 Å². The highest BCUT2D eigenvalue weighted by Crippen LogP contribution is 2.22. The van der Waals surface area contributed by atoms with Crippen LogP contribution in [-0.4, -0.2) is 59.7 Å². The predicted octanol–water partition coefficient (Wildman–Crippen LogP) is 2.35. The van der Waals surface area contributed by atoms with E-state index in [9.17, 15) is 9.59 Å². The Morgan fingerprint density at radius 3 is 2.26 bits per heavy atom. The van der Waals surface area contributed by atoms with Crippen molar-refractivity contribution in [3.63, 3.8) is 0 Å². The third-order valence-electron chi connectivity index (χ3n) is 4.19. The number of para-hydroxylation sites is 2. The molecule has 3 N–H and O–H groups in total. The average molecular weight is 392 g/mol. The summed E-state index contributed by atoms with van der Waals surface area (Å²) in [7, 11) is 0. The van der Waals surface area contributed by atoms with Crippen LogP contribution in [0.1, 0.15) is 0 Å². The highest BCUT2D eigenvalue weighted by molar-refractivity contribution is 5.93. The molecule has 1 aliphatic rings. The summed E-state index contributed by atoms with van der Waals surface area (Å²) < 4.78 is 0. The molecule has 1 aromatic carbocycles. The van der Waals surface area contributed by atoms with E-state index in [2.05, 4.69) is 20.5 Å². The van der Waals surface area contributed by atoms with E-state index in [1.807, 2.05) is 12.1 Å². The second-order valence-electron chi connectivity index (χ2n) is 5.90. The molecule has 0 radical (unpaired) electrons. The number of piperazine rings is 1. The quantitative estimate of drug-likeness (QED) is 0.723. The molecule has 0 saturated carbocycles. The minimum atomic E-state index is -0.960. The first-order chi connectivity index (χ1) is 12.6. The van der Waals surface area contributed by atoms with Crippen molar-refractivity contribution < 1.29 is 14.7 Å². The van der Waals surface area contributed by atoms with Crippen molar-refractivity contribution >= 4 is 41.5 Å². The molecule has 0 unspecified atom stereocenters. The summed E-state index contributed by atoms with van der Waals surface area (Å²) in [6.45, 7) is 2.50. The Hall–Kier alpha value is -3.00. The first kappa shape index (κ1) is 20.3. The molecule has 1 aromatic heterocycles. The number of aliphatic carboxylic acids is 1. The Labute approximate surface area is 163 Å². The Morgan fingerprint density at radius 1 is 1.00 bits per heavy atom. The van der Waals surface area contributed by atoms with E-state index in [0.717, 1.165) is 18.8 Å². The zero-order valence-electron chi connectivity index (χ0n) is 14.7. The molecule has 1 fully saturated rings. The van der Waals surface area contributed by atoms with Crippen LogP contribution in [0.15, 0.2) is 48.8 Å². The van der Waals surface area contributed by atoms with Gasteiger partial charge in [-0.2, -0.15) is 0 Å². The monoisotopic (exact) mass is 391 g/mol. The van der Waals surface area contributed by atoms with Gasteiger partial charge in [0, 0.05) is 44.3 Å². The molecule has 144 valence electrons. The largest absolute Gasteiger partial charge is 0.480 e. The number of benzene rings is 1. The van der Waals surface area contributed by atoms with E-state index in [-0.39, 0.29) is 25.0 Å². The summed E-state index contributed by atoms with van der Waals surface area (Å²) >= 11 is 0. The molecule has 2 aromatic rings. The van der Waals surface area contributed by atoms with E-state index in [4.69, 9.17) is 5.11 Å². The molecule has 3 rings (SSSR count). The van der Waals surface area contributed by atoms with E-state index in [1.54, 1.807) is 41.6 Å². The number of aromatic nitrogens is 1. The van der Waals surface area contributed by atoms with Crippen molar-refractivity contribution in [2.75, 3.05) is 48.3 Å². The van der Waals surface area contributed by atoms with Gasteiger partial charge in [-0.3, -0.25) is 9.78 Å². The minimum absolute atomic E-state index is 0. The number of urea groups is 1. The smallest absolute Gasteiger partial charge is 0.322 e. The summed E-state index contributed by atoms with van der Waals surface area (Å²) in [5.41, 5.74) is 2.25. The molecule has 9 heteroatoms. The van der Waals surface area contributed by atoms with Gasteiger partial charge >= 0.3 is 12.0 Å². The van der Waals surface area contributed by atoms with E-state index in [1.165, 1.54) is 0 Å². The van der Waals surface area contributed by atoms with Gasteiger partial charge in [0.05, 0.1) is 11.4 Å². The Bertz CT molecular complexity index is 767. The van der Waals surface area contributed by atoms with Crippen molar-refractivity contribution in [2.24, 2.45) is 0 Å². The normalized spacial score (nSPS) is 13.5. The molecule has 0 atom stereocenters. The molecule has 0 aliphatic carbocycles. The number of hydrogen-bond acceptors (Lipinski definition) is 5. The van der Waals surface area contributed by atoms with Crippen molar-refractivity contribution in [1.29, 1.82) is 0 Å². The number of nitrogens with zero attached hydrogens (tertiary/aromatic N) is 3. The maximum atomic E-state index is 12.5. The number of anilines is 3. The van der Waals surface area contributed by atoms with Crippen molar-refractivity contribution in [3.05, 3.63) is 48.8 Å². The van der Waals surface area contributed by atoms with Crippen LogP contribution < -0.4 is 15.5 Å². The molecule has 2 amide bonds. The lowest BCUT2D eigenvalue weighted by Gasteiger charge is -2.36. The lowest BCUT2D eigenvalue weighted by atomic mass is 10.2. The van der Waals surface area contributed by atoms with Gasteiger partial charge in [0.25, 0.3) is 0 Å². The van der Waals surface area contributed by atoms with Crippen molar-refractivity contribution in [3.8, 4) is 0 Å². The topological polar surface area (TPSA) is 97.8 Å². The number of halogens is 1. The van der Waals surface area contributed by atoms with Gasteiger partial charge < -0.3 is 25.5 Å². The minimum Gasteiger partial charge on any atom is -0.480 e. The van der Waals surface area contributed by atoms with Gasteiger partial charge in [-0.25, -0.2) is 4.79 Å². The molecule has 0 bridgehead atoms. The summed E-state index contributed by atoms with van der Waals surface area (Å²) in [5, 5.41) is 14.5. The molecule has 0 spiro atoms. The third kappa shape index (κ3) is 5.49. The van der Waals surface area contributed by atoms with E-state index < -0.39 is 5.97 Å². The zero-order valence-corrected chi connectivity index (χ0v) is 15.5. The highest BCUT2D eigenvalue weighted by atomic mass is 35.5. The van der Waals surface area contributed by atoms with Crippen LogP contribution in [0.3, 0.4) is 0 Å².